The fourth-order valence-corrected chi connectivity index (χ4v) is 5.50. The zero-order chi connectivity index (χ0) is 31.8. The molecule has 0 N–H and O–H groups in total. The number of carbonyl (C=O) groups excluding carboxylic acids is 2. The normalized spacial score (nSPS) is 11.3. The van der Waals surface area contributed by atoms with Gasteiger partial charge in [-0.25, -0.2) is 0 Å². The Hall–Kier alpha value is -2.70. The molecular formula is C38H60N2O4. The van der Waals surface area contributed by atoms with E-state index in [2.05, 4.69) is 23.6 Å². The Morgan fingerprint density at radius 1 is 0.523 bits per heavy atom. The third-order valence-corrected chi connectivity index (χ3v) is 8.19. The van der Waals surface area contributed by atoms with Gasteiger partial charge in [-0.05, 0) is 62.3 Å². The monoisotopic (exact) mass is 608 g/mol. The number of esters is 2. The molecule has 0 aliphatic heterocycles. The quantitative estimate of drug-likeness (QED) is 0.0829. The van der Waals surface area contributed by atoms with Crippen molar-refractivity contribution >= 4 is 11.9 Å². The SMILES string of the molecule is CCCCCCCCCN(C)CC(=O)OCc1ccccc1-c1ccccc1COC(=O)CN(C)CCCCCCCCC. The summed E-state index contributed by atoms with van der Waals surface area (Å²) in [5.74, 6) is -0.429. The summed E-state index contributed by atoms with van der Waals surface area (Å²) < 4.78 is 11.4. The van der Waals surface area contributed by atoms with Crippen molar-refractivity contribution in [1.29, 1.82) is 0 Å². The van der Waals surface area contributed by atoms with Crippen LogP contribution in [0.4, 0.5) is 0 Å². The molecule has 0 radical (unpaired) electrons. The Labute approximate surface area is 268 Å². The van der Waals surface area contributed by atoms with Crippen molar-refractivity contribution in [3.63, 3.8) is 0 Å². The number of carbonyl (C=O) groups is 2. The van der Waals surface area contributed by atoms with Gasteiger partial charge in [0.05, 0.1) is 13.1 Å². The molecular weight excluding hydrogens is 548 g/mol. The van der Waals surface area contributed by atoms with Crippen LogP contribution >= 0.6 is 0 Å². The van der Waals surface area contributed by atoms with Crippen LogP contribution in [-0.4, -0.2) is 62.0 Å². The maximum absolute atomic E-state index is 12.6. The molecule has 0 bridgehead atoms. The summed E-state index contributed by atoms with van der Waals surface area (Å²) in [6.07, 6.45) is 17.6. The smallest absolute Gasteiger partial charge is 0.320 e. The van der Waals surface area contributed by atoms with Gasteiger partial charge in [0.2, 0.25) is 0 Å². The van der Waals surface area contributed by atoms with Gasteiger partial charge in [0.25, 0.3) is 0 Å². The molecule has 246 valence electrons. The number of hydrogen-bond acceptors (Lipinski definition) is 6. The molecule has 0 fully saturated rings. The van der Waals surface area contributed by atoms with Crippen molar-refractivity contribution in [2.45, 2.75) is 117 Å². The Morgan fingerprint density at radius 3 is 1.25 bits per heavy atom. The van der Waals surface area contributed by atoms with E-state index in [0.717, 1.165) is 48.2 Å². The van der Waals surface area contributed by atoms with Gasteiger partial charge < -0.3 is 9.47 Å². The van der Waals surface area contributed by atoms with E-state index in [1.54, 1.807) is 0 Å². The first kappa shape index (κ1) is 37.5. The minimum absolute atomic E-state index is 0.206. The maximum Gasteiger partial charge on any atom is 0.320 e. The van der Waals surface area contributed by atoms with Gasteiger partial charge in [0.1, 0.15) is 13.2 Å². The van der Waals surface area contributed by atoms with E-state index in [1.807, 2.05) is 62.6 Å². The molecule has 0 atom stereocenters. The molecule has 0 aliphatic carbocycles. The molecule has 0 saturated heterocycles. The Kier molecular flexibility index (Phi) is 20.2. The first-order chi connectivity index (χ1) is 21.4. The number of rotatable bonds is 25. The second-order valence-corrected chi connectivity index (χ2v) is 12.4. The molecule has 2 aromatic carbocycles. The summed E-state index contributed by atoms with van der Waals surface area (Å²) >= 11 is 0. The van der Waals surface area contributed by atoms with Crippen molar-refractivity contribution in [3.05, 3.63) is 59.7 Å². The van der Waals surface area contributed by atoms with Crippen molar-refractivity contribution in [3.8, 4) is 11.1 Å². The average Bonchev–Trinajstić information content (AvgIpc) is 3.02. The van der Waals surface area contributed by atoms with E-state index < -0.39 is 0 Å². The largest absolute Gasteiger partial charge is 0.460 e. The molecule has 0 saturated carbocycles. The number of hydrogen-bond donors (Lipinski definition) is 0. The predicted molar refractivity (Wildman–Crippen MR) is 182 cm³/mol. The van der Waals surface area contributed by atoms with Gasteiger partial charge in [-0.1, -0.05) is 139 Å². The lowest BCUT2D eigenvalue weighted by Gasteiger charge is -2.18. The summed E-state index contributed by atoms with van der Waals surface area (Å²) in [7, 11) is 3.97. The van der Waals surface area contributed by atoms with Crippen LogP contribution in [-0.2, 0) is 32.3 Å². The molecule has 6 nitrogen and oxygen atoms in total. The Bertz CT molecular complexity index is 973. The Balaban J connectivity index is 1.80. The molecule has 0 aromatic heterocycles. The van der Waals surface area contributed by atoms with Gasteiger partial charge in [0.15, 0.2) is 0 Å². The van der Waals surface area contributed by atoms with Crippen LogP contribution in [0.2, 0.25) is 0 Å². The molecule has 0 aliphatic rings. The topological polar surface area (TPSA) is 59.1 Å². The minimum atomic E-state index is -0.215. The molecule has 44 heavy (non-hydrogen) atoms. The zero-order valence-electron chi connectivity index (χ0n) is 28.3. The summed E-state index contributed by atoms with van der Waals surface area (Å²) in [6, 6.07) is 15.9. The number of unbranched alkanes of at least 4 members (excludes halogenated alkanes) is 12. The van der Waals surface area contributed by atoms with Crippen LogP contribution < -0.4 is 0 Å². The third-order valence-electron chi connectivity index (χ3n) is 8.19. The maximum atomic E-state index is 12.6. The number of nitrogens with zero attached hydrogens (tertiary/aromatic N) is 2. The lowest BCUT2D eigenvalue weighted by atomic mass is 9.96. The third kappa shape index (κ3) is 16.4. The fourth-order valence-electron chi connectivity index (χ4n) is 5.50. The van der Waals surface area contributed by atoms with Gasteiger partial charge in [-0.3, -0.25) is 19.4 Å². The number of likely N-dealkylation sites (N-methyl/N-ethyl adjacent to an activating group) is 2. The summed E-state index contributed by atoms with van der Waals surface area (Å²) in [5, 5.41) is 0. The molecule has 0 heterocycles. The van der Waals surface area contributed by atoms with Crippen LogP contribution in [0.15, 0.2) is 48.5 Å². The van der Waals surface area contributed by atoms with E-state index in [9.17, 15) is 9.59 Å². The highest BCUT2D eigenvalue weighted by Gasteiger charge is 2.14. The highest BCUT2D eigenvalue weighted by Crippen LogP contribution is 2.28. The highest BCUT2D eigenvalue weighted by atomic mass is 16.5. The second-order valence-electron chi connectivity index (χ2n) is 12.4. The lowest BCUT2D eigenvalue weighted by molar-refractivity contribution is -0.146. The summed E-state index contributed by atoms with van der Waals surface area (Å²) in [4.78, 5) is 29.4. The molecule has 2 rings (SSSR count). The minimum Gasteiger partial charge on any atom is -0.460 e. The molecule has 2 aromatic rings. The molecule has 0 unspecified atom stereocenters. The van der Waals surface area contributed by atoms with E-state index >= 15 is 0 Å². The van der Waals surface area contributed by atoms with Crippen LogP contribution in [0.3, 0.4) is 0 Å². The van der Waals surface area contributed by atoms with Crippen LogP contribution in [0, 0.1) is 0 Å². The molecule has 6 heteroatoms. The van der Waals surface area contributed by atoms with E-state index in [-0.39, 0.29) is 38.2 Å². The molecule has 0 spiro atoms. The zero-order valence-corrected chi connectivity index (χ0v) is 28.3. The standard InChI is InChI=1S/C38H60N2O4/c1-5-7-9-11-13-15-21-27-39(3)29-37(41)43-31-33-23-17-19-25-35(33)36-26-20-18-24-34(36)32-44-38(42)30-40(4)28-22-16-14-12-10-8-6-2/h17-20,23-26H,5-16,21-22,27-32H2,1-4H3. The molecule has 0 amide bonds. The van der Waals surface area contributed by atoms with Gasteiger partial charge >= 0.3 is 11.9 Å². The first-order valence-electron chi connectivity index (χ1n) is 17.3. The second kappa shape index (κ2) is 23.7. The Morgan fingerprint density at radius 2 is 0.864 bits per heavy atom. The van der Waals surface area contributed by atoms with Gasteiger partial charge in [-0.2, -0.15) is 0 Å². The van der Waals surface area contributed by atoms with Crippen molar-refractivity contribution in [2.75, 3.05) is 40.3 Å². The average molecular weight is 609 g/mol. The van der Waals surface area contributed by atoms with Crippen LogP contribution in [0.1, 0.15) is 115 Å². The fraction of sp³-hybridized carbons (Fsp3) is 0.632. The highest BCUT2D eigenvalue weighted by molar-refractivity contribution is 5.74. The van der Waals surface area contributed by atoms with Crippen molar-refractivity contribution in [1.82, 2.24) is 9.80 Å². The summed E-state index contributed by atoms with van der Waals surface area (Å²) in [5.41, 5.74) is 3.84. The number of benzene rings is 2. The van der Waals surface area contributed by atoms with E-state index in [4.69, 9.17) is 9.47 Å². The van der Waals surface area contributed by atoms with Crippen molar-refractivity contribution in [2.24, 2.45) is 0 Å². The number of ether oxygens (including phenoxy) is 2. The van der Waals surface area contributed by atoms with Gasteiger partial charge in [-0.15, -0.1) is 0 Å². The van der Waals surface area contributed by atoms with Crippen LogP contribution in [0.5, 0.6) is 0 Å². The van der Waals surface area contributed by atoms with Crippen LogP contribution in [0.25, 0.3) is 11.1 Å². The summed E-state index contributed by atoms with van der Waals surface area (Å²) in [6.45, 7) is 7.28. The first-order valence-corrected chi connectivity index (χ1v) is 17.3. The lowest BCUT2D eigenvalue weighted by Crippen LogP contribution is -2.28. The van der Waals surface area contributed by atoms with E-state index in [0.29, 0.717) is 0 Å². The predicted octanol–water partition coefficient (Wildman–Crippen LogP) is 8.80. The van der Waals surface area contributed by atoms with Crippen molar-refractivity contribution < 1.29 is 19.1 Å². The van der Waals surface area contributed by atoms with E-state index in [1.165, 1.54) is 77.0 Å². The van der Waals surface area contributed by atoms with Gasteiger partial charge in [0, 0.05) is 0 Å².